The van der Waals surface area contributed by atoms with E-state index in [1.807, 2.05) is 51.1 Å². The molecule has 1 spiro atoms. The first kappa shape index (κ1) is 21.9. The van der Waals surface area contributed by atoms with Gasteiger partial charge in [0.2, 0.25) is 0 Å². The maximum absolute atomic E-state index is 12.6. The van der Waals surface area contributed by atoms with Gasteiger partial charge in [0, 0.05) is 31.6 Å². The summed E-state index contributed by atoms with van der Waals surface area (Å²) in [5.41, 5.74) is -0.265. The van der Waals surface area contributed by atoms with Crippen molar-refractivity contribution in [1.82, 2.24) is 9.80 Å². The molecule has 2 amide bonds. The number of amides is 2. The van der Waals surface area contributed by atoms with Gasteiger partial charge in [-0.2, -0.15) is 0 Å². The molecule has 2 saturated heterocycles. The number of likely N-dealkylation sites (tertiary alicyclic amines) is 2. The number of carboxylic acid groups (broad SMARTS) is 1. The van der Waals surface area contributed by atoms with Crippen LogP contribution in [0.3, 0.4) is 0 Å². The van der Waals surface area contributed by atoms with Gasteiger partial charge in [0.15, 0.2) is 0 Å². The first-order valence-electron chi connectivity index (χ1n) is 10.3. The smallest absolute Gasteiger partial charge is 0.410 e. The van der Waals surface area contributed by atoms with Crippen LogP contribution in [0.5, 0.6) is 0 Å². The van der Waals surface area contributed by atoms with Crippen molar-refractivity contribution in [3.63, 3.8) is 0 Å². The third-order valence-corrected chi connectivity index (χ3v) is 5.82. The van der Waals surface area contributed by atoms with E-state index in [0.717, 1.165) is 5.56 Å². The summed E-state index contributed by atoms with van der Waals surface area (Å²) in [5, 5.41) is 9.78. The molecule has 1 aromatic carbocycles. The summed E-state index contributed by atoms with van der Waals surface area (Å²) in [7, 11) is 0. The lowest BCUT2D eigenvalue weighted by Gasteiger charge is -2.41. The van der Waals surface area contributed by atoms with Gasteiger partial charge in [-0.3, -0.25) is 4.79 Å². The molecule has 0 aliphatic carbocycles. The van der Waals surface area contributed by atoms with Gasteiger partial charge < -0.3 is 24.4 Å². The van der Waals surface area contributed by atoms with Crippen LogP contribution in [-0.4, -0.2) is 64.8 Å². The Morgan fingerprint density at radius 2 is 1.70 bits per heavy atom. The molecule has 1 aromatic rings. The van der Waals surface area contributed by atoms with Crippen LogP contribution in [0.25, 0.3) is 0 Å². The van der Waals surface area contributed by atoms with Gasteiger partial charge in [-0.05, 0) is 39.2 Å². The van der Waals surface area contributed by atoms with Crippen molar-refractivity contribution < 1.29 is 29.0 Å². The van der Waals surface area contributed by atoms with Crippen LogP contribution in [0.15, 0.2) is 30.3 Å². The van der Waals surface area contributed by atoms with E-state index in [2.05, 4.69) is 0 Å². The van der Waals surface area contributed by atoms with E-state index in [4.69, 9.17) is 9.47 Å². The highest BCUT2D eigenvalue weighted by atomic mass is 16.6. The largest absolute Gasteiger partial charge is 0.481 e. The highest BCUT2D eigenvalue weighted by Crippen LogP contribution is 2.45. The van der Waals surface area contributed by atoms with Crippen LogP contribution in [0.2, 0.25) is 0 Å². The van der Waals surface area contributed by atoms with Crippen molar-refractivity contribution in [1.29, 1.82) is 0 Å². The van der Waals surface area contributed by atoms with Gasteiger partial charge in [0.25, 0.3) is 0 Å². The van der Waals surface area contributed by atoms with Crippen LogP contribution in [-0.2, 0) is 20.9 Å². The van der Waals surface area contributed by atoms with Crippen molar-refractivity contribution in [3.05, 3.63) is 35.9 Å². The third-order valence-electron chi connectivity index (χ3n) is 5.82. The number of nitrogens with zero attached hydrogens (tertiary/aromatic N) is 2. The number of aliphatic carboxylic acids is 1. The number of ether oxygens (including phenoxy) is 2. The van der Waals surface area contributed by atoms with Crippen LogP contribution in [0.4, 0.5) is 9.59 Å². The van der Waals surface area contributed by atoms with E-state index in [1.165, 1.54) is 4.90 Å². The highest BCUT2D eigenvalue weighted by Gasteiger charge is 2.53. The molecule has 1 unspecified atom stereocenters. The number of benzene rings is 1. The Morgan fingerprint density at radius 3 is 2.27 bits per heavy atom. The zero-order chi connectivity index (χ0) is 21.9. The molecule has 164 valence electrons. The highest BCUT2D eigenvalue weighted by molar-refractivity contribution is 5.75. The van der Waals surface area contributed by atoms with Gasteiger partial charge >= 0.3 is 18.2 Å². The lowest BCUT2D eigenvalue weighted by Crippen LogP contribution is -2.49. The molecular weight excluding hydrogens is 388 g/mol. The van der Waals surface area contributed by atoms with Gasteiger partial charge in [-0.15, -0.1) is 0 Å². The van der Waals surface area contributed by atoms with Crippen molar-refractivity contribution in [2.75, 3.05) is 26.2 Å². The number of rotatable bonds is 3. The van der Waals surface area contributed by atoms with Crippen molar-refractivity contribution in [2.45, 2.75) is 45.8 Å². The zero-order valence-electron chi connectivity index (χ0n) is 17.8. The van der Waals surface area contributed by atoms with E-state index >= 15 is 0 Å². The SMILES string of the molecule is CC(C)(C)OC(=O)N1CCC2(CC1)CN(C(=O)OCc1ccccc1)CC2C(=O)O. The Morgan fingerprint density at radius 1 is 1.07 bits per heavy atom. The van der Waals surface area contributed by atoms with Gasteiger partial charge in [0.1, 0.15) is 12.2 Å². The molecule has 2 fully saturated rings. The second-order valence-electron chi connectivity index (χ2n) is 9.14. The summed E-state index contributed by atoms with van der Waals surface area (Å²) in [4.78, 5) is 39.9. The average molecular weight is 418 g/mol. The van der Waals surface area contributed by atoms with Crippen molar-refractivity contribution in [3.8, 4) is 0 Å². The van der Waals surface area contributed by atoms with E-state index < -0.39 is 29.0 Å². The Kier molecular flexibility index (Phi) is 6.24. The Bertz CT molecular complexity index is 781. The first-order valence-corrected chi connectivity index (χ1v) is 10.3. The number of carbonyl (C=O) groups excluding carboxylic acids is 2. The minimum Gasteiger partial charge on any atom is -0.481 e. The predicted octanol–water partition coefficient (Wildman–Crippen LogP) is 3.36. The van der Waals surface area contributed by atoms with E-state index in [1.54, 1.807) is 4.90 Å². The normalized spacial score (nSPS) is 20.8. The fourth-order valence-electron chi connectivity index (χ4n) is 4.23. The molecule has 1 N–H and O–H groups in total. The van der Waals surface area contributed by atoms with Crippen molar-refractivity contribution >= 4 is 18.2 Å². The maximum atomic E-state index is 12.6. The molecule has 0 radical (unpaired) electrons. The molecule has 0 bridgehead atoms. The lowest BCUT2D eigenvalue weighted by molar-refractivity contribution is -0.145. The molecule has 2 aliphatic heterocycles. The van der Waals surface area contributed by atoms with E-state index in [-0.39, 0.29) is 19.2 Å². The molecular formula is C22H30N2O6. The third kappa shape index (κ3) is 5.04. The number of hydrogen-bond acceptors (Lipinski definition) is 5. The molecule has 3 rings (SSSR count). The summed E-state index contributed by atoms with van der Waals surface area (Å²) in [6, 6.07) is 9.35. The molecule has 30 heavy (non-hydrogen) atoms. The predicted molar refractivity (Wildman–Crippen MR) is 109 cm³/mol. The van der Waals surface area contributed by atoms with Crippen molar-refractivity contribution in [2.24, 2.45) is 11.3 Å². The van der Waals surface area contributed by atoms with Crippen LogP contribution < -0.4 is 0 Å². The first-order chi connectivity index (χ1) is 14.1. The quantitative estimate of drug-likeness (QED) is 0.809. The van der Waals surface area contributed by atoms with Gasteiger partial charge in [-0.25, -0.2) is 9.59 Å². The minimum atomic E-state index is -0.918. The molecule has 0 aromatic heterocycles. The number of carbonyl (C=O) groups is 3. The van der Waals surface area contributed by atoms with Gasteiger partial charge in [0.05, 0.1) is 5.92 Å². The Balaban J connectivity index is 1.61. The van der Waals surface area contributed by atoms with E-state index in [0.29, 0.717) is 32.5 Å². The second kappa shape index (κ2) is 8.53. The summed E-state index contributed by atoms with van der Waals surface area (Å²) in [6.45, 7) is 6.84. The summed E-state index contributed by atoms with van der Waals surface area (Å²) in [6.07, 6.45) is 0.120. The van der Waals surface area contributed by atoms with Gasteiger partial charge in [-0.1, -0.05) is 30.3 Å². The topological polar surface area (TPSA) is 96.4 Å². The minimum absolute atomic E-state index is 0.120. The standard InChI is InChI=1S/C22H30N2O6/c1-21(2,3)30-20(28)23-11-9-22(10-12-23)15-24(13-17(22)18(25)26)19(27)29-14-16-7-5-4-6-8-16/h4-8,17H,9-15H2,1-3H3,(H,25,26). The summed E-state index contributed by atoms with van der Waals surface area (Å²) in [5.74, 6) is -1.60. The summed E-state index contributed by atoms with van der Waals surface area (Å²) < 4.78 is 10.8. The second-order valence-corrected chi connectivity index (χ2v) is 9.14. The molecule has 2 heterocycles. The molecule has 1 atom stereocenters. The van der Waals surface area contributed by atoms with E-state index in [9.17, 15) is 19.5 Å². The molecule has 0 saturated carbocycles. The fraction of sp³-hybridized carbons (Fsp3) is 0.591. The van der Waals surface area contributed by atoms with Crippen LogP contribution in [0, 0.1) is 11.3 Å². The molecule has 8 heteroatoms. The number of hydrogen-bond donors (Lipinski definition) is 1. The Labute approximate surface area is 176 Å². The fourth-order valence-corrected chi connectivity index (χ4v) is 4.23. The van der Waals surface area contributed by atoms with Crippen LogP contribution in [0.1, 0.15) is 39.2 Å². The Hall–Kier alpha value is -2.77. The molecule has 2 aliphatic rings. The lowest BCUT2D eigenvalue weighted by atomic mass is 9.71. The summed E-state index contributed by atoms with van der Waals surface area (Å²) >= 11 is 0. The molecule has 8 nitrogen and oxygen atoms in total. The maximum Gasteiger partial charge on any atom is 0.410 e. The van der Waals surface area contributed by atoms with Crippen LogP contribution >= 0.6 is 0 Å². The zero-order valence-corrected chi connectivity index (χ0v) is 17.8. The number of carboxylic acids is 1. The number of piperidine rings is 1. The average Bonchev–Trinajstić information content (AvgIpc) is 3.05. The monoisotopic (exact) mass is 418 g/mol.